The van der Waals surface area contributed by atoms with Crippen molar-refractivity contribution in [3.63, 3.8) is 0 Å². The molecule has 4 nitrogen and oxygen atoms in total. The number of nitrogens with one attached hydrogen (secondary N) is 2. The van der Waals surface area contributed by atoms with Crippen LogP contribution < -0.4 is 10.6 Å². The van der Waals surface area contributed by atoms with Crippen LogP contribution in [0.15, 0.2) is 0 Å². The third kappa shape index (κ3) is 4.75. The van der Waals surface area contributed by atoms with Crippen LogP contribution in [0.5, 0.6) is 0 Å². The molecular formula is C13H27ClN2O2. The summed E-state index contributed by atoms with van der Waals surface area (Å²) < 4.78 is 5.42. The number of rotatable bonds is 5. The minimum Gasteiger partial charge on any atom is -0.379 e. The second-order valence-electron chi connectivity index (χ2n) is 6.04. The molecule has 1 aliphatic rings. The van der Waals surface area contributed by atoms with E-state index in [-0.39, 0.29) is 35.8 Å². The summed E-state index contributed by atoms with van der Waals surface area (Å²) in [5, 5.41) is 6.19. The Kier molecular flexibility index (Phi) is 7.18. The Morgan fingerprint density at radius 3 is 2.33 bits per heavy atom. The predicted molar refractivity (Wildman–Crippen MR) is 76.0 cm³/mol. The number of methoxy groups -OCH3 is 1. The SMILES string of the molecule is COC(CNC(=O)C(C)C1CNC1)C(C)(C)C.Cl. The lowest BCUT2D eigenvalue weighted by atomic mass is 9.87. The van der Waals surface area contributed by atoms with Gasteiger partial charge in [0.25, 0.3) is 0 Å². The van der Waals surface area contributed by atoms with Gasteiger partial charge in [-0.05, 0) is 24.4 Å². The van der Waals surface area contributed by atoms with Crippen molar-refractivity contribution in [2.45, 2.75) is 33.8 Å². The Hall–Kier alpha value is -0.320. The van der Waals surface area contributed by atoms with Gasteiger partial charge in [-0.15, -0.1) is 12.4 Å². The maximum Gasteiger partial charge on any atom is 0.223 e. The molecule has 0 spiro atoms. The fraction of sp³-hybridized carbons (Fsp3) is 0.923. The molecule has 2 unspecified atom stereocenters. The third-order valence-electron chi connectivity index (χ3n) is 3.65. The van der Waals surface area contributed by atoms with Crippen LogP contribution in [0.1, 0.15) is 27.7 Å². The second-order valence-corrected chi connectivity index (χ2v) is 6.04. The van der Waals surface area contributed by atoms with Gasteiger partial charge in [-0.1, -0.05) is 27.7 Å². The molecule has 0 radical (unpaired) electrons. The van der Waals surface area contributed by atoms with Crippen LogP contribution in [0.4, 0.5) is 0 Å². The van der Waals surface area contributed by atoms with Gasteiger partial charge < -0.3 is 15.4 Å². The molecule has 2 N–H and O–H groups in total. The maximum absolute atomic E-state index is 11.9. The number of amides is 1. The van der Waals surface area contributed by atoms with Gasteiger partial charge in [0.15, 0.2) is 0 Å². The van der Waals surface area contributed by atoms with E-state index in [2.05, 4.69) is 31.4 Å². The normalized spacial score (nSPS) is 19.4. The Bertz CT molecular complexity index is 262. The van der Waals surface area contributed by atoms with Crippen molar-refractivity contribution in [3.8, 4) is 0 Å². The molecule has 0 bridgehead atoms. The first-order chi connectivity index (χ1) is 7.86. The van der Waals surface area contributed by atoms with Crippen LogP contribution in [0.25, 0.3) is 0 Å². The number of ether oxygens (including phenoxy) is 1. The van der Waals surface area contributed by atoms with E-state index in [9.17, 15) is 4.79 Å². The number of carbonyl (C=O) groups is 1. The fourth-order valence-electron chi connectivity index (χ4n) is 1.98. The Labute approximate surface area is 117 Å². The summed E-state index contributed by atoms with van der Waals surface area (Å²) >= 11 is 0. The molecule has 1 rings (SSSR count). The summed E-state index contributed by atoms with van der Waals surface area (Å²) in [5.41, 5.74) is 0.0449. The summed E-state index contributed by atoms with van der Waals surface area (Å²) in [4.78, 5) is 11.9. The van der Waals surface area contributed by atoms with Gasteiger partial charge in [0.2, 0.25) is 5.91 Å². The average molecular weight is 279 g/mol. The van der Waals surface area contributed by atoms with Gasteiger partial charge in [0.1, 0.15) is 0 Å². The first-order valence-corrected chi connectivity index (χ1v) is 6.37. The second kappa shape index (κ2) is 7.31. The molecule has 1 aliphatic heterocycles. The Morgan fingerprint density at radius 1 is 1.44 bits per heavy atom. The lowest BCUT2D eigenvalue weighted by molar-refractivity contribution is -0.127. The highest BCUT2D eigenvalue weighted by Crippen LogP contribution is 2.21. The van der Waals surface area contributed by atoms with E-state index in [0.717, 1.165) is 13.1 Å². The smallest absolute Gasteiger partial charge is 0.223 e. The minimum atomic E-state index is 0. The minimum absolute atomic E-state index is 0. The van der Waals surface area contributed by atoms with Crippen molar-refractivity contribution in [1.82, 2.24) is 10.6 Å². The molecule has 108 valence electrons. The quantitative estimate of drug-likeness (QED) is 0.800. The van der Waals surface area contributed by atoms with Crippen LogP contribution in [-0.4, -0.2) is 38.8 Å². The summed E-state index contributed by atoms with van der Waals surface area (Å²) in [6.07, 6.45) is 0.0539. The first-order valence-electron chi connectivity index (χ1n) is 6.37. The molecule has 1 saturated heterocycles. The molecule has 0 aliphatic carbocycles. The van der Waals surface area contributed by atoms with Gasteiger partial charge in [0.05, 0.1) is 6.10 Å². The number of halogens is 1. The van der Waals surface area contributed by atoms with Crippen LogP contribution in [0.2, 0.25) is 0 Å². The van der Waals surface area contributed by atoms with E-state index in [0.29, 0.717) is 12.5 Å². The highest BCUT2D eigenvalue weighted by atomic mass is 35.5. The average Bonchev–Trinajstić information content (AvgIpc) is 2.13. The fourth-order valence-corrected chi connectivity index (χ4v) is 1.98. The van der Waals surface area contributed by atoms with Crippen LogP contribution in [0, 0.1) is 17.3 Å². The monoisotopic (exact) mass is 278 g/mol. The highest BCUT2D eigenvalue weighted by molar-refractivity contribution is 5.85. The molecule has 1 heterocycles. The number of carbonyl (C=O) groups excluding carboxylic acids is 1. The van der Waals surface area contributed by atoms with Gasteiger partial charge in [-0.3, -0.25) is 4.79 Å². The Morgan fingerprint density at radius 2 is 2.00 bits per heavy atom. The van der Waals surface area contributed by atoms with Gasteiger partial charge in [-0.2, -0.15) is 0 Å². The number of hydrogen-bond acceptors (Lipinski definition) is 3. The van der Waals surface area contributed by atoms with Crippen molar-refractivity contribution in [2.24, 2.45) is 17.3 Å². The molecule has 0 aromatic heterocycles. The van der Waals surface area contributed by atoms with E-state index >= 15 is 0 Å². The number of hydrogen-bond donors (Lipinski definition) is 2. The lowest BCUT2D eigenvalue weighted by Gasteiger charge is -2.33. The molecule has 2 atom stereocenters. The van der Waals surface area contributed by atoms with Crippen molar-refractivity contribution < 1.29 is 9.53 Å². The van der Waals surface area contributed by atoms with E-state index in [1.807, 2.05) is 6.92 Å². The third-order valence-corrected chi connectivity index (χ3v) is 3.65. The standard InChI is InChI=1S/C13H26N2O2.ClH/c1-9(10-6-14-7-10)12(16)15-8-11(17-5)13(2,3)4;/h9-11,14H,6-8H2,1-5H3,(H,15,16);1H. The van der Waals surface area contributed by atoms with Gasteiger partial charge >= 0.3 is 0 Å². The molecule has 1 fully saturated rings. The summed E-state index contributed by atoms with van der Waals surface area (Å²) in [6, 6.07) is 0. The molecule has 5 heteroatoms. The molecule has 0 saturated carbocycles. The zero-order valence-electron chi connectivity index (χ0n) is 12.1. The predicted octanol–water partition coefficient (Wildman–Crippen LogP) is 1.44. The maximum atomic E-state index is 11.9. The highest BCUT2D eigenvalue weighted by Gasteiger charge is 2.30. The Balaban J connectivity index is 0.00000289. The van der Waals surface area contributed by atoms with Crippen LogP contribution in [0.3, 0.4) is 0 Å². The zero-order chi connectivity index (χ0) is 13.1. The molecule has 0 aromatic rings. The van der Waals surface area contributed by atoms with E-state index in [1.165, 1.54) is 0 Å². The molecule has 18 heavy (non-hydrogen) atoms. The molecule has 1 amide bonds. The molecule has 0 aromatic carbocycles. The summed E-state index contributed by atoms with van der Waals surface area (Å²) in [7, 11) is 1.70. The van der Waals surface area contributed by atoms with Gasteiger partial charge in [-0.25, -0.2) is 0 Å². The van der Waals surface area contributed by atoms with Gasteiger partial charge in [0, 0.05) is 19.6 Å². The summed E-state index contributed by atoms with van der Waals surface area (Å²) in [6.45, 7) is 10.9. The van der Waals surface area contributed by atoms with Crippen LogP contribution in [-0.2, 0) is 9.53 Å². The largest absolute Gasteiger partial charge is 0.379 e. The van der Waals surface area contributed by atoms with Crippen molar-refractivity contribution in [1.29, 1.82) is 0 Å². The first kappa shape index (κ1) is 17.7. The topological polar surface area (TPSA) is 50.4 Å². The van der Waals surface area contributed by atoms with E-state index < -0.39 is 0 Å². The molecular weight excluding hydrogens is 252 g/mol. The van der Waals surface area contributed by atoms with Crippen molar-refractivity contribution >= 4 is 18.3 Å². The van der Waals surface area contributed by atoms with Crippen molar-refractivity contribution in [3.05, 3.63) is 0 Å². The summed E-state index contributed by atoms with van der Waals surface area (Å²) in [5.74, 6) is 0.724. The van der Waals surface area contributed by atoms with Crippen molar-refractivity contribution in [2.75, 3.05) is 26.7 Å². The lowest BCUT2D eigenvalue weighted by Crippen LogP contribution is -2.51. The zero-order valence-corrected chi connectivity index (χ0v) is 12.9. The van der Waals surface area contributed by atoms with Crippen LogP contribution >= 0.6 is 12.4 Å². The van der Waals surface area contributed by atoms with E-state index in [1.54, 1.807) is 7.11 Å². The van der Waals surface area contributed by atoms with E-state index in [4.69, 9.17) is 4.74 Å².